The number of ketones is 1. The summed E-state index contributed by atoms with van der Waals surface area (Å²) in [7, 11) is 0. The molecule has 1 aliphatic heterocycles. The summed E-state index contributed by atoms with van der Waals surface area (Å²) in [6.07, 6.45) is 0.847. The lowest BCUT2D eigenvalue weighted by molar-refractivity contribution is -0.132. The van der Waals surface area contributed by atoms with Crippen LogP contribution >= 0.6 is 23.2 Å². The molecule has 0 radical (unpaired) electrons. The van der Waals surface area contributed by atoms with Crippen LogP contribution in [0.25, 0.3) is 5.76 Å². The molecular formula is C26H20Cl2FNO4. The van der Waals surface area contributed by atoms with E-state index in [9.17, 15) is 19.1 Å². The van der Waals surface area contributed by atoms with Gasteiger partial charge >= 0.3 is 0 Å². The van der Waals surface area contributed by atoms with E-state index in [1.165, 1.54) is 17.0 Å². The van der Waals surface area contributed by atoms with Crippen molar-refractivity contribution in [2.45, 2.75) is 19.4 Å². The number of anilines is 1. The number of rotatable bonds is 6. The van der Waals surface area contributed by atoms with Crippen LogP contribution in [0.5, 0.6) is 5.75 Å². The largest absolute Gasteiger partial charge is 0.507 e. The maximum absolute atomic E-state index is 13.8. The second kappa shape index (κ2) is 9.87. The highest BCUT2D eigenvalue weighted by atomic mass is 35.5. The summed E-state index contributed by atoms with van der Waals surface area (Å²) in [5, 5.41) is 11.4. The zero-order chi connectivity index (χ0) is 24.4. The Hall–Kier alpha value is -3.35. The van der Waals surface area contributed by atoms with E-state index in [2.05, 4.69) is 0 Å². The van der Waals surface area contributed by atoms with Crippen LogP contribution in [0.1, 0.15) is 30.5 Å². The van der Waals surface area contributed by atoms with Gasteiger partial charge in [0.2, 0.25) is 0 Å². The van der Waals surface area contributed by atoms with Gasteiger partial charge in [0.25, 0.3) is 11.7 Å². The van der Waals surface area contributed by atoms with E-state index in [0.717, 1.165) is 12.5 Å². The summed E-state index contributed by atoms with van der Waals surface area (Å²) >= 11 is 12.0. The third-order valence-corrected chi connectivity index (χ3v) is 5.95. The standard InChI is InChI=1S/C26H20Cl2FNO4/c1-2-13-34-19-10-5-16(6-11-19)24(31)22-23(15-3-7-17(27)8-4-15)30(26(33)25(22)32)18-9-12-21(29)20(28)14-18/h3-12,14,23,31H,2,13H2,1H3/b24-22+. The number of carbonyl (C=O) groups is 2. The molecule has 1 aliphatic rings. The van der Waals surface area contributed by atoms with Crippen molar-refractivity contribution in [1.29, 1.82) is 0 Å². The van der Waals surface area contributed by atoms with E-state index >= 15 is 0 Å². The number of carbonyl (C=O) groups excluding carboxylic acids is 2. The average Bonchev–Trinajstić information content (AvgIpc) is 3.10. The molecule has 1 N–H and O–H groups in total. The molecule has 0 saturated carbocycles. The van der Waals surface area contributed by atoms with Crippen LogP contribution in [0.4, 0.5) is 10.1 Å². The fourth-order valence-corrected chi connectivity index (χ4v) is 4.08. The Morgan fingerprint density at radius 3 is 2.32 bits per heavy atom. The maximum Gasteiger partial charge on any atom is 0.300 e. The van der Waals surface area contributed by atoms with Crippen molar-refractivity contribution in [2.24, 2.45) is 0 Å². The lowest BCUT2D eigenvalue weighted by Crippen LogP contribution is -2.29. The normalized spacial score (nSPS) is 17.3. The van der Waals surface area contributed by atoms with Crippen molar-refractivity contribution >= 4 is 46.3 Å². The van der Waals surface area contributed by atoms with Gasteiger partial charge in [-0.05, 0) is 66.6 Å². The number of nitrogens with zero attached hydrogens (tertiary/aromatic N) is 1. The number of hydrogen-bond acceptors (Lipinski definition) is 4. The third kappa shape index (κ3) is 4.52. The number of benzene rings is 3. The van der Waals surface area contributed by atoms with Crippen molar-refractivity contribution in [3.05, 3.63) is 99.3 Å². The van der Waals surface area contributed by atoms with Gasteiger partial charge in [0.1, 0.15) is 17.3 Å². The predicted octanol–water partition coefficient (Wildman–Crippen LogP) is 6.55. The van der Waals surface area contributed by atoms with E-state index in [1.807, 2.05) is 6.92 Å². The number of Topliss-reactive ketones (excluding diaryl/α,β-unsaturated/α-hetero) is 1. The molecule has 1 saturated heterocycles. The molecule has 1 atom stereocenters. The minimum absolute atomic E-state index is 0.102. The molecular weight excluding hydrogens is 480 g/mol. The fraction of sp³-hybridized carbons (Fsp3) is 0.154. The van der Waals surface area contributed by atoms with Gasteiger partial charge < -0.3 is 9.84 Å². The Morgan fingerprint density at radius 1 is 1.03 bits per heavy atom. The molecule has 1 fully saturated rings. The van der Waals surface area contributed by atoms with Gasteiger partial charge in [-0.15, -0.1) is 0 Å². The molecule has 5 nitrogen and oxygen atoms in total. The first-order chi connectivity index (χ1) is 16.3. The van der Waals surface area contributed by atoms with E-state index in [4.69, 9.17) is 27.9 Å². The van der Waals surface area contributed by atoms with Crippen molar-refractivity contribution in [1.82, 2.24) is 0 Å². The van der Waals surface area contributed by atoms with E-state index in [0.29, 0.717) is 28.5 Å². The lowest BCUT2D eigenvalue weighted by atomic mass is 9.95. The summed E-state index contributed by atoms with van der Waals surface area (Å²) < 4.78 is 19.4. The highest BCUT2D eigenvalue weighted by Crippen LogP contribution is 2.43. The van der Waals surface area contributed by atoms with Crippen LogP contribution in [-0.4, -0.2) is 23.4 Å². The van der Waals surface area contributed by atoms with Crippen molar-refractivity contribution in [3.8, 4) is 5.75 Å². The van der Waals surface area contributed by atoms with Gasteiger partial charge in [0, 0.05) is 16.3 Å². The summed E-state index contributed by atoms with van der Waals surface area (Å²) in [6, 6.07) is 15.9. The molecule has 8 heteroatoms. The Bertz CT molecular complexity index is 1270. The molecule has 0 aliphatic carbocycles. The minimum Gasteiger partial charge on any atom is -0.507 e. The van der Waals surface area contributed by atoms with Crippen molar-refractivity contribution in [3.63, 3.8) is 0 Å². The predicted molar refractivity (Wildman–Crippen MR) is 130 cm³/mol. The average molecular weight is 500 g/mol. The topological polar surface area (TPSA) is 66.8 Å². The zero-order valence-corrected chi connectivity index (χ0v) is 19.6. The van der Waals surface area contributed by atoms with Gasteiger partial charge in [-0.1, -0.05) is 42.3 Å². The van der Waals surface area contributed by atoms with Crippen LogP contribution < -0.4 is 9.64 Å². The second-order valence-electron chi connectivity index (χ2n) is 7.69. The van der Waals surface area contributed by atoms with Gasteiger partial charge in [-0.3, -0.25) is 14.5 Å². The molecule has 3 aromatic carbocycles. The van der Waals surface area contributed by atoms with Gasteiger partial charge in [0.15, 0.2) is 0 Å². The first-order valence-corrected chi connectivity index (χ1v) is 11.3. The number of amides is 1. The van der Waals surface area contributed by atoms with Gasteiger partial charge in [-0.25, -0.2) is 4.39 Å². The summed E-state index contributed by atoms with van der Waals surface area (Å²) in [5.74, 6) is -2.11. The lowest BCUT2D eigenvalue weighted by Gasteiger charge is -2.25. The van der Waals surface area contributed by atoms with E-state index in [-0.39, 0.29) is 22.0 Å². The SMILES string of the molecule is CCCOc1ccc(/C(O)=C2\C(=O)C(=O)N(c3ccc(F)c(Cl)c3)C2c2ccc(Cl)cc2)cc1. The van der Waals surface area contributed by atoms with Crippen LogP contribution in [-0.2, 0) is 9.59 Å². The maximum atomic E-state index is 13.8. The first kappa shape index (κ1) is 23.8. The van der Waals surface area contributed by atoms with E-state index in [1.54, 1.807) is 48.5 Å². The molecule has 3 aromatic rings. The number of aliphatic hydroxyl groups excluding tert-OH is 1. The Balaban J connectivity index is 1.85. The summed E-state index contributed by atoms with van der Waals surface area (Å²) in [6.45, 7) is 2.54. The van der Waals surface area contributed by atoms with Crippen LogP contribution in [0.15, 0.2) is 72.3 Å². The Labute approximate surface area is 206 Å². The molecule has 174 valence electrons. The summed E-state index contributed by atoms with van der Waals surface area (Å²) in [4.78, 5) is 27.5. The monoisotopic (exact) mass is 499 g/mol. The fourth-order valence-electron chi connectivity index (χ4n) is 3.78. The molecule has 1 amide bonds. The molecule has 4 rings (SSSR count). The Kier molecular flexibility index (Phi) is 6.91. The molecule has 1 unspecified atom stereocenters. The molecule has 0 bridgehead atoms. The summed E-state index contributed by atoms with van der Waals surface area (Å²) in [5.41, 5.74) is 0.997. The molecule has 34 heavy (non-hydrogen) atoms. The Morgan fingerprint density at radius 2 is 1.71 bits per heavy atom. The van der Waals surface area contributed by atoms with Gasteiger partial charge in [-0.2, -0.15) is 0 Å². The first-order valence-electron chi connectivity index (χ1n) is 10.6. The third-order valence-electron chi connectivity index (χ3n) is 5.41. The zero-order valence-electron chi connectivity index (χ0n) is 18.1. The number of aliphatic hydroxyl groups is 1. The second-order valence-corrected chi connectivity index (χ2v) is 8.54. The minimum atomic E-state index is -0.977. The van der Waals surface area contributed by atoms with Crippen LogP contribution in [0.3, 0.4) is 0 Å². The van der Waals surface area contributed by atoms with Crippen LogP contribution in [0, 0.1) is 5.82 Å². The number of ether oxygens (including phenoxy) is 1. The number of hydrogen-bond donors (Lipinski definition) is 1. The van der Waals surface area contributed by atoms with Gasteiger partial charge in [0.05, 0.1) is 23.2 Å². The molecule has 0 spiro atoms. The highest BCUT2D eigenvalue weighted by molar-refractivity contribution is 6.51. The molecule has 0 aromatic heterocycles. The van der Waals surface area contributed by atoms with E-state index < -0.39 is 23.5 Å². The van der Waals surface area contributed by atoms with Crippen molar-refractivity contribution in [2.75, 3.05) is 11.5 Å². The number of halogens is 3. The molecule has 1 heterocycles. The quantitative estimate of drug-likeness (QED) is 0.237. The van der Waals surface area contributed by atoms with Crippen LogP contribution in [0.2, 0.25) is 10.0 Å². The highest BCUT2D eigenvalue weighted by Gasteiger charge is 2.47. The van der Waals surface area contributed by atoms with Crippen molar-refractivity contribution < 1.29 is 23.8 Å². The smallest absolute Gasteiger partial charge is 0.300 e.